The molecule has 0 N–H and O–H groups in total. The number of aromatic nitrogens is 1. The number of nitrogens with zero attached hydrogens (tertiary/aromatic N) is 1. The van der Waals surface area contributed by atoms with Crippen LogP contribution in [0.15, 0.2) is 34.9 Å². The van der Waals surface area contributed by atoms with Crippen LogP contribution in [0.2, 0.25) is 0 Å². The molecule has 66 valence electrons. The summed E-state index contributed by atoms with van der Waals surface area (Å²) in [4.78, 5) is 0. The fourth-order valence-corrected chi connectivity index (χ4v) is 1.03. The zero-order valence-electron chi connectivity index (χ0n) is 6.50. The van der Waals surface area contributed by atoms with Crippen molar-refractivity contribution in [2.75, 3.05) is 0 Å². The molecule has 4 heteroatoms. The van der Waals surface area contributed by atoms with Crippen molar-refractivity contribution in [3.63, 3.8) is 0 Å². The highest BCUT2D eigenvalue weighted by Crippen LogP contribution is 2.22. The summed E-state index contributed by atoms with van der Waals surface area (Å²) < 4.78 is 29.4. The molecular weight excluding hydrogens is 176 g/mol. The third-order valence-corrected chi connectivity index (χ3v) is 1.64. The monoisotopic (exact) mass is 181 g/mol. The Morgan fingerprint density at radius 3 is 2.31 bits per heavy atom. The molecule has 0 spiro atoms. The molecule has 0 bridgehead atoms. The first-order chi connectivity index (χ1) is 6.29. The molecule has 13 heavy (non-hydrogen) atoms. The summed E-state index contributed by atoms with van der Waals surface area (Å²) in [5.41, 5.74) is 0.394. The van der Waals surface area contributed by atoms with Crippen LogP contribution in [0, 0.1) is 11.8 Å². The summed E-state index contributed by atoms with van der Waals surface area (Å²) in [6.45, 7) is 0. The minimum Gasteiger partial charge on any atom is -0.322 e. The lowest BCUT2D eigenvalue weighted by Crippen LogP contribution is -1.81. The fourth-order valence-electron chi connectivity index (χ4n) is 1.03. The van der Waals surface area contributed by atoms with E-state index >= 15 is 0 Å². The van der Waals surface area contributed by atoms with E-state index in [0.29, 0.717) is 5.56 Å². The molecule has 0 amide bonds. The number of benzene rings is 1. The molecule has 2 rings (SSSR count). The number of rotatable bonds is 1. The highest BCUT2D eigenvalue weighted by Gasteiger charge is 2.16. The Morgan fingerprint density at radius 1 is 1.08 bits per heavy atom. The van der Waals surface area contributed by atoms with Gasteiger partial charge in [-0.05, 0) is 0 Å². The molecule has 2 nitrogen and oxygen atoms in total. The SMILES string of the molecule is Fc1onc(-c2ccccc2)c1F. The van der Waals surface area contributed by atoms with Crippen molar-refractivity contribution in [3.05, 3.63) is 42.2 Å². The van der Waals surface area contributed by atoms with Crippen molar-refractivity contribution in [2.24, 2.45) is 0 Å². The van der Waals surface area contributed by atoms with E-state index in [1.54, 1.807) is 30.3 Å². The van der Waals surface area contributed by atoms with Gasteiger partial charge in [-0.25, -0.2) is 0 Å². The Bertz CT molecular complexity index is 411. The topological polar surface area (TPSA) is 26.0 Å². The van der Waals surface area contributed by atoms with Crippen LogP contribution in [-0.2, 0) is 0 Å². The second-order valence-corrected chi connectivity index (χ2v) is 2.48. The van der Waals surface area contributed by atoms with Gasteiger partial charge < -0.3 is 4.52 Å². The quantitative estimate of drug-likeness (QED) is 0.675. The van der Waals surface area contributed by atoms with E-state index in [-0.39, 0.29) is 5.69 Å². The standard InChI is InChI=1S/C9H5F2NO/c10-7-8(12-13-9(7)11)6-4-2-1-3-5-6/h1-5H. The third kappa shape index (κ3) is 1.30. The molecule has 1 heterocycles. The maximum absolute atomic E-state index is 12.9. The van der Waals surface area contributed by atoms with Crippen LogP contribution in [0.1, 0.15) is 0 Å². The number of halogens is 2. The van der Waals surface area contributed by atoms with E-state index in [2.05, 4.69) is 9.68 Å². The van der Waals surface area contributed by atoms with Crippen LogP contribution in [-0.4, -0.2) is 5.16 Å². The first-order valence-electron chi connectivity index (χ1n) is 3.65. The Hall–Kier alpha value is -1.71. The van der Waals surface area contributed by atoms with Crippen molar-refractivity contribution in [1.29, 1.82) is 0 Å². The van der Waals surface area contributed by atoms with Gasteiger partial charge in [0.15, 0.2) is 5.69 Å². The van der Waals surface area contributed by atoms with E-state index in [1.165, 1.54) is 0 Å². The predicted octanol–water partition coefficient (Wildman–Crippen LogP) is 2.62. The summed E-state index contributed by atoms with van der Waals surface area (Å²) in [7, 11) is 0. The molecule has 0 radical (unpaired) electrons. The van der Waals surface area contributed by atoms with Gasteiger partial charge in [0.1, 0.15) is 0 Å². The average Bonchev–Trinajstić information content (AvgIpc) is 2.49. The molecule has 0 saturated carbocycles. The maximum atomic E-state index is 12.9. The smallest absolute Gasteiger partial charge is 0.322 e. The maximum Gasteiger partial charge on any atom is 0.342 e. The average molecular weight is 181 g/mol. The van der Waals surface area contributed by atoms with Gasteiger partial charge in [0.05, 0.1) is 0 Å². The zero-order valence-corrected chi connectivity index (χ0v) is 6.50. The second-order valence-electron chi connectivity index (χ2n) is 2.48. The highest BCUT2D eigenvalue weighted by molar-refractivity contribution is 5.58. The largest absolute Gasteiger partial charge is 0.342 e. The molecule has 2 aromatic rings. The second kappa shape index (κ2) is 2.97. The lowest BCUT2D eigenvalue weighted by atomic mass is 10.1. The van der Waals surface area contributed by atoms with Crippen molar-refractivity contribution in [2.45, 2.75) is 0 Å². The highest BCUT2D eigenvalue weighted by atomic mass is 19.2. The van der Waals surface area contributed by atoms with E-state index in [1.807, 2.05) is 0 Å². The van der Waals surface area contributed by atoms with Crippen LogP contribution in [0.4, 0.5) is 8.78 Å². The first kappa shape index (κ1) is 7.91. The predicted molar refractivity (Wildman–Crippen MR) is 41.9 cm³/mol. The van der Waals surface area contributed by atoms with Gasteiger partial charge in [0.2, 0.25) is 5.82 Å². The van der Waals surface area contributed by atoms with Gasteiger partial charge in [-0.3, -0.25) is 0 Å². The Morgan fingerprint density at radius 2 is 1.77 bits per heavy atom. The zero-order chi connectivity index (χ0) is 9.26. The molecule has 0 aliphatic rings. The van der Waals surface area contributed by atoms with E-state index in [4.69, 9.17) is 0 Å². The summed E-state index contributed by atoms with van der Waals surface area (Å²) in [5.74, 6) is -1.05. The Balaban J connectivity index is 2.53. The van der Waals surface area contributed by atoms with E-state index < -0.39 is 11.8 Å². The molecule has 0 fully saturated rings. The molecular formula is C9H5F2NO. The molecule has 0 unspecified atom stereocenters. The van der Waals surface area contributed by atoms with Crippen LogP contribution in [0.3, 0.4) is 0 Å². The minimum atomic E-state index is -1.28. The number of hydrogen-bond acceptors (Lipinski definition) is 2. The normalized spacial score (nSPS) is 10.3. The van der Waals surface area contributed by atoms with Gasteiger partial charge in [-0.2, -0.15) is 8.78 Å². The Labute approximate surface area is 72.8 Å². The summed E-state index contributed by atoms with van der Waals surface area (Å²) >= 11 is 0. The molecule has 1 aromatic heterocycles. The lowest BCUT2D eigenvalue weighted by Gasteiger charge is -1.92. The number of hydrogen-bond donors (Lipinski definition) is 0. The van der Waals surface area contributed by atoms with Crippen LogP contribution in [0.5, 0.6) is 0 Å². The van der Waals surface area contributed by atoms with E-state index in [0.717, 1.165) is 0 Å². The van der Waals surface area contributed by atoms with E-state index in [9.17, 15) is 8.78 Å². The van der Waals surface area contributed by atoms with Gasteiger partial charge in [-0.1, -0.05) is 35.5 Å². The van der Waals surface area contributed by atoms with Crippen molar-refractivity contribution >= 4 is 0 Å². The van der Waals surface area contributed by atoms with Crippen molar-refractivity contribution < 1.29 is 13.3 Å². The van der Waals surface area contributed by atoms with Gasteiger partial charge >= 0.3 is 6.01 Å². The van der Waals surface area contributed by atoms with Gasteiger partial charge in [-0.15, -0.1) is 0 Å². The Kier molecular flexibility index (Phi) is 1.81. The van der Waals surface area contributed by atoms with Crippen LogP contribution < -0.4 is 0 Å². The summed E-state index contributed by atoms with van der Waals surface area (Å²) in [6.07, 6.45) is 0. The molecule has 0 saturated heterocycles. The molecule has 1 aromatic carbocycles. The third-order valence-electron chi connectivity index (χ3n) is 1.64. The lowest BCUT2D eigenvalue weighted by molar-refractivity contribution is 0.266. The minimum absolute atomic E-state index is 0.0990. The van der Waals surface area contributed by atoms with Crippen molar-refractivity contribution in [3.8, 4) is 11.3 Å². The molecule has 0 aliphatic heterocycles. The summed E-state index contributed by atoms with van der Waals surface area (Å²) in [5, 5.41) is 3.26. The van der Waals surface area contributed by atoms with Crippen molar-refractivity contribution in [1.82, 2.24) is 5.16 Å². The fraction of sp³-hybridized carbons (Fsp3) is 0. The van der Waals surface area contributed by atoms with Crippen LogP contribution in [0.25, 0.3) is 11.3 Å². The first-order valence-corrected chi connectivity index (χ1v) is 3.65. The molecule has 0 atom stereocenters. The summed E-state index contributed by atoms with van der Waals surface area (Å²) in [6, 6.07) is 7.17. The van der Waals surface area contributed by atoms with Crippen LogP contribution >= 0.6 is 0 Å². The van der Waals surface area contributed by atoms with Gasteiger partial charge in [0, 0.05) is 5.56 Å². The molecule has 0 aliphatic carbocycles. The van der Waals surface area contributed by atoms with Gasteiger partial charge in [0.25, 0.3) is 0 Å².